The molecule has 196 valence electrons. The van der Waals surface area contributed by atoms with Crippen molar-refractivity contribution in [3.8, 4) is 0 Å². The maximum absolute atomic E-state index is 13.3. The van der Waals surface area contributed by atoms with Crippen LogP contribution in [-0.4, -0.2) is 85.0 Å². The molecular weight excluding hydrogens is 498 g/mol. The second-order valence-electron chi connectivity index (χ2n) is 9.55. The lowest BCUT2D eigenvalue weighted by Crippen LogP contribution is -2.52. The minimum absolute atomic E-state index is 0.0269. The van der Waals surface area contributed by atoms with Crippen LogP contribution in [0, 0.1) is 11.3 Å². The monoisotopic (exact) mass is 533 g/mol. The van der Waals surface area contributed by atoms with Gasteiger partial charge in [-0.2, -0.15) is 16.5 Å². The van der Waals surface area contributed by atoms with E-state index in [1.54, 1.807) is 17.0 Å². The summed E-state index contributed by atoms with van der Waals surface area (Å²) in [6, 6.07) is 11.1. The SMILES string of the molecule is N=C(N)N1CCC(CSC[C@@H]2CCCN2C(=O)[C@H](CO)NS(=O)(=O)c2ccc3ccccc3c2)CC1. The maximum atomic E-state index is 13.3. The highest BCUT2D eigenvalue weighted by molar-refractivity contribution is 7.99. The fourth-order valence-corrected chi connectivity index (χ4v) is 7.60. The van der Waals surface area contributed by atoms with Crippen LogP contribution in [0.5, 0.6) is 0 Å². The number of fused-ring (bicyclic) bond motifs is 1. The number of sulfonamides is 1. The second-order valence-corrected chi connectivity index (χ2v) is 12.3. The van der Waals surface area contributed by atoms with Gasteiger partial charge in [-0.3, -0.25) is 10.2 Å². The summed E-state index contributed by atoms with van der Waals surface area (Å²) in [6.45, 7) is 1.58. The van der Waals surface area contributed by atoms with Gasteiger partial charge in [-0.25, -0.2) is 8.42 Å². The van der Waals surface area contributed by atoms with E-state index in [9.17, 15) is 18.3 Å². The van der Waals surface area contributed by atoms with E-state index in [-0.39, 0.29) is 22.8 Å². The summed E-state index contributed by atoms with van der Waals surface area (Å²) in [6.07, 6.45) is 3.74. The number of piperidine rings is 1. The van der Waals surface area contributed by atoms with Crippen molar-refractivity contribution < 1.29 is 18.3 Å². The lowest BCUT2D eigenvalue weighted by molar-refractivity contribution is -0.134. The molecule has 2 aliphatic heterocycles. The van der Waals surface area contributed by atoms with E-state index in [4.69, 9.17) is 11.1 Å². The van der Waals surface area contributed by atoms with E-state index in [0.717, 1.165) is 61.1 Å². The normalized spacial score (nSPS) is 20.1. The third kappa shape index (κ3) is 6.31. The first kappa shape index (κ1) is 26.7. The fraction of sp³-hybridized carbons (Fsp3) is 0.520. The van der Waals surface area contributed by atoms with E-state index in [1.165, 1.54) is 6.07 Å². The van der Waals surface area contributed by atoms with Gasteiger partial charge in [0.25, 0.3) is 0 Å². The second kappa shape index (κ2) is 11.8. The van der Waals surface area contributed by atoms with Gasteiger partial charge in [0.05, 0.1) is 11.5 Å². The molecule has 2 atom stereocenters. The number of rotatable bonds is 9. The fourth-order valence-electron chi connectivity index (χ4n) is 4.97. The Hall–Kier alpha value is -2.34. The van der Waals surface area contributed by atoms with Crippen molar-refractivity contribution in [2.75, 3.05) is 37.7 Å². The summed E-state index contributed by atoms with van der Waals surface area (Å²) in [7, 11) is -3.99. The Kier molecular flexibility index (Phi) is 8.76. The van der Waals surface area contributed by atoms with Crippen molar-refractivity contribution in [2.45, 2.75) is 42.7 Å². The maximum Gasteiger partial charge on any atom is 0.243 e. The molecule has 2 aliphatic rings. The molecule has 0 aromatic heterocycles. The number of carbonyl (C=O) groups is 1. The summed E-state index contributed by atoms with van der Waals surface area (Å²) in [4.78, 5) is 17.0. The van der Waals surface area contributed by atoms with Crippen LogP contribution in [0.25, 0.3) is 10.8 Å². The van der Waals surface area contributed by atoms with Crippen molar-refractivity contribution >= 4 is 44.4 Å². The van der Waals surface area contributed by atoms with Gasteiger partial charge in [-0.15, -0.1) is 0 Å². The number of nitrogens with one attached hydrogen (secondary N) is 2. The number of hydrogen-bond acceptors (Lipinski definition) is 6. The number of carbonyl (C=O) groups excluding carboxylic acids is 1. The van der Waals surface area contributed by atoms with Gasteiger partial charge in [0.1, 0.15) is 6.04 Å². The molecular formula is C25H35N5O4S2. The molecule has 4 rings (SSSR count). The topological polar surface area (TPSA) is 140 Å². The number of thioether (sulfide) groups is 1. The van der Waals surface area contributed by atoms with Gasteiger partial charge >= 0.3 is 0 Å². The zero-order valence-electron chi connectivity index (χ0n) is 20.3. The average molecular weight is 534 g/mol. The van der Waals surface area contributed by atoms with Crippen LogP contribution in [0.2, 0.25) is 0 Å². The predicted molar refractivity (Wildman–Crippen MR) is 143 cm³/mol. The molecule has 0 radical (unpaired) electrons. The molecule has 2 saturated heterocycles. The molecule has 2 fully saturated rings. The molecule has 0 aliphatic carbocycles. The van der Waals surface area contributed by atoms with Crippen molar-refractivity contribution in [3.05, 3.63) is 42.5 Å². The highest BCUT2D eigenvalue weighted by atomic mass is 32.2. The van der Waals surface area contributed by atoms with Gasteiger partial charge in [0.2, 0.25) is 15.9 Å². The smallest absolute Gasteiger partial charge is 0.243 e. The molecule has 1 amide bonds. The third-order valence-electron chi connectivity index (χ3n) is 7.09. The van der Waals surface area contributed by atoms with E-state index in [1.807, 2.05) is 40.9 Å². The van der Waals surface area contributed by atoms with Gasteiger partial charge in [0.15, 0.2) is 5.96 Å². The molecule has 0 bridgehead atoms. The Bertz CT molecular complexity index is 1180. The minimum Gasteiger partial charge on any atom is -0.394 e. The number of benzene rings is 2. The van der Waals surface area contributed by atoms with Crippen LogP contribution in [0.3, 0.4) is 0 Å². The Labute approximate surface area is 217 Å². The zero-order valence-corrected chi connectivity index (χ0v) is 21.9. The van der Waals surface area contributed by atoms with E-state index < -0.39 is 22.7 Å². The first-order valence-electron chi connectivity index (χ1n) is 12.4. The molecule has 0 spiro atoms. The molecule has 0 unspecified atom stereocenters. The van der Waals surface area contributed by atoms with Gasteiger partial charge in [-0.05, 0) is 60.3 Å². The first-order chi connectivity index (χ1) is 17.3. The van der Waals surface area contributed by atoms with E-state index >= 15 is 0 Å². The van der Waals surface area contributed by atoms with Crippen LogP contribution < -0.4 is 10.5 Å². The Morgan fingerprint density at radius 1 is 1.11 bits per heavy atom. The van der Waals surface area contributed by atoms with Crippen molar-refractivity contribution in [1.29, 1.82) is 5.41 Å². The lowest BCUT2D eigenvalue weighted by atomic mass is 9.99. The molecule has 2 heterocycles. The van der Waals surface area contributed by atoms with Gasteiger partial charge in [-0.1, -0.05) is 30.3 Å². The first-order valence-corrected chi connectivity index (χ1v) is 15.0. The number of likely N-dealkylation sites (tertiary alicyclic amines) is 2. The molecule has 0 saturated carbocycles. The van der Waals surface area contributed by atoms with Crippen LogP contribution in [-0.2, 0) is 14.8 Å². The van der Waals surface area contributed by atoms with E-state index in [0.29, 0.717) is 12.5 Å². The Morgan fingerprint density at radius 3 is 2.53 bits per heavy atom. The highest BCUT2D eigenvalue weighted by Crippen LogP contribution is 2.27. The molecule has 36 heavy (non-hydrogen) atoms. The number of amides is 1. The lowest BCUT2D eigenvalue weighted by Gasteiger charge is -2.32. The molecule has 5 N–H and O–H groups in total. The van der Waals surface area contributed by atoms with E-state index in [2.05, 4.69) is 4.72 Å². The van der Waals surface area contributed by atoms with Crippen molar-refractivity contribution in [3.63, 3.8) is 0 Å². The zero-order chi connectivity index (χ0) is 25.7. The van der Waals surface area contributed by atoms with Crippen LogP contribution in [0.4, 0.5) is 0 Å². The molecule has 11 heteroatoms. The third-order valence-corrected chi connectivity index (χ3v) is 9.89. The Morgan fingerprint density at radius 2 is 1.83 bits per heavy atom. The number of aliphatic hydroxyl groups is 1. The standard InChI is InChI=1S/C25H35N5O4S2/c26-25(27)29-12-9-18(10-13-29)16-35-17-21-6-3-11-30(21)24(32)23(15-31)28-36(33,34)22-8-7-19-4-1-2-5-20(19)14-22/h1-2,4-5,7-8,14,18,21,23,28,31H,3,6,9-13,15-17H2,(H3,26,27)/t21-,23-/m0/s1. The number of nitrogens with two attached hydrogens (primary N) is 1. The summed E-state index contributed by atoms with van der Waals surface area (Å²) in [5.41, 5.74) is 5.57. The summed E-state index contributed by atoms with van der Waals surface area (Å²) in [5, 5.41) is 19.2. The number of hydrogen-bond donors (Lipinski definition) is 4. The quantitative estimate of drug-likeness (QED) is 0.285. The Balaban J connectivity index is 1.33. The number of nitrogens with zero attached hydrogens (tertiary/aromatic N) is 2. The van der Waals surface area contributed by atoms with Gasteiger partial charge < -0.3 is 20.6 Å². The van der Waals surface area contributed by atoms with Crippen LogP contribution in [0.15, 0.2) is 47.4 Å². The molecule has 9 nitrogen and oxygen atoms in total. The highest BCUT2D eigenvalue weighted by Gasteiger charge is 2.35. The predicted octanol–water partition coefficient (Wildman–Crippen LogP) is 1.81. The summed E-state index contributed by atoms with van der Waals surface area (Å²) < 4.78 is 28.5. The van der Waals surface area contributed by atoms with Crippen LogP contribution in [0.1, 0.15) is 25.7 Å². The number of guanidine groups is 1. The van der Waals surface area contributed by atoms with Crippen LogP contribution >= 0.6 is 11.8 Å². The van der Waals surface area contributed by atoms with Crippen molar-refractivity contribution in [1.82, 2.24) is 14.5 Å². The largest absolute Gasteiger partial charge is 0.394 e. The molecule has 2 aromatic carbocycles. The minimum atomic E-state index is -3.99. The number of aliphatic hydroxyl groups excluding tert-OH is 1. The summed E-state index contributed by atoms with van der Waals surface area (Å²) >= 11 is 1.82. The van der Waals surface area contributed by atoms with Gasteiger partial charge in [0, 0.05) is 31.4 Å². The molecule has 2 aromatic rings. The average Bonchev–Trinajstić information content (AvgIpc) is 3.35. The summed E-state index contributed by atoms with van der Waals surface area (Å²) in [5.74, 6) is 2.10. The van der Waals surface area contributed by atoms with Crippen molar-refractivity contribution in [2.24, 2.45) is 11.7 Å².